The van der Waals surface area contributed by atoms with Crippen LogP contribution >= 0.6 is 11.6 Å². The molecule has 4 nitrogen and oxygen atoms in total. The molecule has 1 fully saturated rings. The molecule has 0 N–H and O–H groups in total. The van der Waals surface area contributed by atoms with Crippen molar-refractivity contribution in [2.45, 2.75) is 25.4 Å². The number of methoxy groups -OCH3 is 2. The van der Waals surface area contributed by atoms with E-state index in [1.807, 2.05) is 12.1 Å². The van der Waals surface area contributed by atoms with Crippen LogP contribution in [0, 0.1) is 0 Å². The summed E-state index contributed by atoms with van der Waals surface area (Å²) in [6.45, 7) is 2.49. The van der Waals surface area contributed by atoms with E-state index < -0.39 is 0 Å². The van der Waals surface area contributed by atoms with Crippen LogP contribution < -0.4 is 9.47 Å². The van der Waals surface area contributed by atoms with Crippen LogP contribution in [0.2, 0.25) is 5.02 Å². The molecule has 5 heteroatoms. The third kappa shape index (κ3) is 3.57. The van der Waals surface area contributed by atoms with Gasteiger partial charge in [0.1, 0.15) is 11.5 Å². The Kier molecular flexibility index (Phi) is 5.52. The summed E-state index contributed by atoms with van der Waals surface area (Å²) in [6.07, 6.45) is 2.14. The average molecular weight is 300 g/mol. The van der Waals surface area contributed by atoms with Gasteiger partial charge in [-0.25, -0.2) is 0 Å². The Labute approximate surface area is 125 Å². The third-order valence-electron chi connectivity index (χ3n) is 3.79. The second-order valence-corrected chi connectivity index (χ2v) is 5.46. The Morgan fingerprint density at radius 1 is 1.20 bits per heavy atom. The van der Waals surface area contributed by atoms with Crippen LogP contribution in [-0.2, 0) is 11.3 Å². The molecule has 0 atom stereocenters. The monoisotopic (exact) mass is 299 g/mol. The highest BCUT2D eigenvalue weighted by atomic mass is 35.5. The minimum Gasteiger partial charge on any atom is -0.496 e. The highest BCUT2D eigenvalue weighted by molar-refractivity contribution is 6.32. The predicted octanol–water partition coefficient (Wildman–Crippen LogP) is 2.97. The average Bonchev–Trinajstić information content (AvgIpc) is 2.48. The maximum Gasteiger partial charge on any atom is 0.141 e. The largest absolute Gasteiger partial charge is 0.496 e. The lowest BCUT2D eigenvalue weighted by Gasteiger charge is -2.31. The fourth-order valence-corrected chi connectivity index (χ4v) is 2.83. The van der Waals surface area contributed by atoms with Gasteiger partial charge < -0.3 is 14.2 Å². The normalized spacial score (nSPS) is 16.4. The van der Waals surface area contributed by atoms with E-state index >= 15 is 0 Å². The summed E-state index contributed by atoms with van der Waals surface area (Å²) in [5, 5.41) is 0.615. The van der Waals surface area contributed by atoms with Crippen LogP contribution in [0.25, 0.3) is 0 Å². The zero-order valence-corrected chi connectivity index (χ0v) is 13.1. The Hall–Kier alpha value is -0.970. The second-order valence-electron chi connectivity index (χ2n) is 5.06. The fourth-order valence-electron chi connectivity index (χ4n) is 2.57. The van der Waals surface area contributed by atoms with Crippen molar-refractivity contribution in [1.82, 2.24) is 4.90 Å². The van der Waals surface area contributed by atoms with E-state index in [-0.39, 0.29) is 0 Å². The van der Waals surface area contributed by atoms with Crippen LogP contribution in [0.15, 0.2) is 12.1 Å². The third-order valence-corrected chi connectivity index (χ3v) is 4.08. The van der Waals surface area contributed by atoms with Gasteiger partial charge in [-0.3, -0.25) is 4.90 Å². The molecule has 0 unspecified atom stereocenters. The van der Waals surface area contributed by atoms with E-state index in [1.54, 1.807) is 14.2 Å². The molecule has 1 aromatic rings. The number of nitrogens with zero attached hydrogens (tertiary/aromatic N) is 1. The van der Waals surface area contributed by atoms with Gasteiger partial charge >= 0.3 is 0 Å². The minimum absolute atomic E-state index is 0.550. The van der Waals surface area contributed by atoms with Crippen molar-refractivity contribution in [1.29, 1.82) is 0 Å². The summed E-state index contributed by atoms with van der Waals surface area (Å²) in [7, 11) is 5.41. The van der Waals surface area contributed by atoms with E-state index in [1.165, 1.54) is 0 Å². The standard InChI is InChI=1S/C15H22ClNO3/c1-17(12-4-6-20-7-5-12)10-11-8-13(16)15(19-3)9-14(11)18-2/h8-9,12H,4-7,10H2,1-3H3. The second kappa shape index (κ2) is 7.16. The molecule has 0 aliphatic carbocycles. The van der Waals surface area contributed by atoms with Crippen LogP contribution in [0.5, 0.6) is 11.5 Å². The molecule has 1 heterocycles. The molecule has 0 saturated carbocycles. The van der Waals surface area contributed by atoms with E-state index in [0.29, 0.717) is 16.8 Å². The molecule has 112 valence electrons. The number of hydrogen-bond acceptors (Lipinski definition) is 4. The Morgan fingerprint density at radius 2 is 1.85 bits per heavy atom. The van der Waals surface area contributed by atoms with Gasteiger partial charge in [0.25, 0.3) is 0 Å². The van der Waals surface area contributed by atoms with Gasteiger partial charge in [-0.1, -0.05) is 11.6 Å². The molecule has 0 bridgehead atoms. The summed E-state index contributed by atoms with van der Waals surface area (Å²) >= 11 is 6.21. The van der Waals surface area contributed by atoms with Crippen molar-refractivity contribution >= 4 is 11.6 Å². The maximum absolute atomic E-state index is 6.21. The van der Waals surface area contributed by atoms with Crippen molar-refractivity contribution in [2.24, 2.45) is 0 Å². The van der Waals surface area contributed by atoms with E-state index in [4.69, 9.17) is 25.8 Å². The van der Waals surface area contributed by atoms with Crippen LogP contribution in [-0.4, -0.2) is 45.4 Å². The van der Waals surface area contributed by atoms with Gasteiger partial charge in [0.2, 0.25) is 0 Å². The summed E-state index contributed by atoms with van der Waals surface area (Å²) in [6, 6.07) is 4.32. The Bertz CT molecular complexity index is 447. The molecule has 0 amide bonds. The minimum atomic E-state index is 0.550. The number of halogens is 1. The Morgan fingerprint density at radius 3 is 2.45 bits per heavy atom. The number of rotatable bonds is 5. The van der Waals surface area contributed by atoms with Gasteiger partial charge in [0.15, 0.2) is 0 Å². The lowest BCUT2D eigenvalue weighted by molar-refractivity contribution is 0.0405. The maximum atomic E-state index is 6.21. The van der Waals surface area contributed by atoms with E-state index in [9.17, 15) is 0 Å². The summed E-state index contributed by atoms with van der Waals surface area (Å²) in [5.41, 5.74) is 1.08. The first-order chi connectivity index (χ1) is 9.65. The summed E-state index contributed by atoms with van der Waals surface area (Å²) in [4.78, 5) is 2.34. The number of hydrogen-bond donors (Lipinski definition) is 0. The smallest absolute Gasteiger partial charge is 0.141 e. The van der Waals surface area contributed by atoms with Crippen LogP contribution in [0.3, 0.4) is 0 Å². The highest BCUT2D eigenvalue weighted by Crippen LogP contribution is 2.33. The molecule has 1 saturated heterocycles. The van der Waals surface area contributed by atoms with Gasteiger partial charge in [-0.05, 0) is 26.0 Å². The summed E-state index contributed by atoms with van der Waals surface area (Å²) < 4.78 is 16.1. The zero-order valence-electron chi connectivity index (χ0n) is 12.3. The summed E-state index contributed by atoms with van der Waals surface area (Å²) in [5.74, 6) is 1.45. The first-order valence-electron chi connectivity index (χ1n) is 6.84. The van der Waals surface area contributed by atoms with Crippen molar-refractivity contribution in [3.8, 4) is 11.5 Å². The van der Waals surface area contributed by atoms with E-state index in [2.05, 4.69) is 11.9 Å². The molecule has 1 aliphatic rings. The van der Waals surface area contributed by atoms with E-state index in [0.717, 1.165) is 43.9 Å². The Balaban J connectivity index is 2.13. The number of ether oxygens (including phenoxy) is 3. The lowest BCUT2D eigenvalue weighted by atomic mass is 10.1. The van der Waals surface area contributed by atoms with Crippen LogP contribution in [0.1, 0.15) is 18.4 Å². The number of benzene rings is 1. The molecular formula is C15H22ClNO3. The molecule has 0 radical (unpaired) electrons. The molecule has 1 aromatic carbocycles. The topological polar surface area (TPSA) is 30.9 Å². The quantitative estimate of drug-likeness (QED) is 0.836. The molecule has 20 heavy (non-hydrogen) atoms. The molecule has 0 spiro atoms. The van der Waals surface area contributed by atoms with Gasteiger partial charge in [0.05, 0.1) is 19.2 Å². The fraction of sp³-hybridized carbons (Fsp3) is 0.600. The highest BCUT2D eigenvalue weighted by Gasteiger charge is 2.20. The van der Waals surface area contributed by atoms with Gasteiger partial charge in [-0.15, -0.1) is 0 Å². The SMILES string of the molecule is COc1cc(OC)c(CN(C)C2CCOCC2)cc1Cl. The first kappa shape index (κ1) is 15.4. The van der Waals surface area contributed by atoms with Gasteiger partial charge in [-0.2, -0.15) is 0 Å². The molecule has 2 rings (SSSR count). The van der Waals surface area contributed by atoms with Crippen molar-refractivity contribution in [3.05, 3.63) is 22.7 Å². The lowest BCUT2D eigenvalue weighted by Crippen LogP contribution is -2.36. The van der Waals surface area contributed by atoms with Crippen molar-refractivity contribution in [3.63, 3.8) is 0 Å². The van der Waals surface area contributed by atoms with Gasteiger partial charge in [0, 0.05) is 37.4 Å². The van der Waals surface area contributed by atoms with Crippen LogP contribution in [0.4, 0.5) is 0 Å². The molecule has 0 aromatic heterocycles. The predicted molar refractivity (Wildman–Crippen MR) is 79.9 cm³/mol. The van der Waals surface area contributed by atoms with Crippen molar-refractivity contribution < 1.29 is 14.2 Å². The zero-order chi connectivity index (χ0) is 14.5. The van der Waals surface area contributed by atoms with Crippen molar-refractivity contribution in [2.75, 3.05) is 34.5 Å². The molecule has 1 aliphatic heterocycles. The first-order valence-corrected chi connectivity index (χ1v) is 7.22. The molecular weight excluding hydrogens is 278 g/mol.